The lowest BCUT2D eigenvalue weighted by atomic mass is 9.80. The first-order valence-electron chi connectivity index (χ1n) is 9.84. The molecule has 0 aromatic heterocycles. The molecule has 0 aromatic carbocycles. The van der Waals surface area contributed by atoms with E-state index in [4.69, 9.17) is 18.9 Å². The Hall–Kier alpha value is -2.41. The van der Waals surface area contributed by atoms with E-state index >= 15 is 0 Å². The predicted octanol–water partition coefficient (Wildman–Crippen LogP) is 2.79. The van der Waals surface area contributed by atoms with Gasteiger partial charge < -0.3 is 18.9 Å². The number of hydrogen-bond donors (Lipinski definition) is 0. The second-order valence-corrected chi connectivity index (χ2v) is 8.13. The Morgan fingerprint density at radius 3 is 2.62 bits per heavy atom. The maximum atomic E-state index is 12.6. The van der Waals surface area contributed by atoms with Crippen molar-refractivity contribution < 1.29 is 33.3 Å². The molecule has 0 saturated carbocycles. The Balaban J connectivity index is 2.08. The first kappa shape index (κ1) is 21.3. The Labute approximate surface area is 170 Å². The number of allylic oxidation sites excluding steroid dienone is 2. The molecule has 0 N–H and O–H groups in total. The second-order valence-electron chi connectivity index (χ2n) is 8.13. The number of ether oxygens (including phenoxy) is 4. The smallest absolute Gasteiger partial charge is 0.334 e. The van der Waals surface area contributed by atoms with Crippen molar-refractivity contribution in [3.8, 4) is 0 Å². The van der Waals surface area contributed by atoms with E-state index in [2.05, 4.69) is 6.58 Å². The van der Waals surface area contributed by atoms with Gasteiger partial charge in [0.1, 0.15) is 12.2 Å². The number of rotatable bonds is 3. The van der Waals surface area contributed by atoms with E-state index in [0.717, 1.165) is 12.0 Å². The summed E-state index contributed by atoms with van der Waals surface area (Å²) in [5, 5.41) is 0. The monoisotopic (exact) mass is 404 g/mol. The number of carbonyl (C=O) groups excluding carboxylic acids is 3. The Kier molecular flexibility index (Phi) is 5.72. The molecular formula is C22H28O7. The molecule has 0 aromatic rings. The Bertz CT molecular complexity index is 808. The zero-order valence-corrected chi connectivity index (χ0v) is 17.5. The third-order valence-corrected chi connectivity index (χ3v) is 6.00. The molecule has 158 valence electrons. The number of carbonyl (C=O) groups is 3. The number of fused-ring (bicyclic) bond motifs is 3. The van der Waals surface area contributed by atoms with Crippen molar-refractivity contribution in [2.75, 3.05) is 0 Å². The molecule has 7 nitrogen and oxygen atoms in total. The minimum absolute atomic E-state index is 0.189. The van der Waals surface area contributed by atoms with Crippen LogP contribution in [0.3, 0.4) is 0 Å². The van der Waals surface area contributed by atoms with Crippen molar-refractivity contribution >= 4 is 17.9 Å². The molecule has 0 bridgehead atoms. The maximum absolute atomic E-state index is 12.6. The van der Waals surface area contributed by atoms with Crippen LogP contribution in [0.2, 0.25) is 0 Å². The van der Waals surface area contributed by atoms with E-state index in [1.165, 1.54) is 6.92 Å². The molecule has 0 radical (unpaired) electrons. The molecule has 3 rings (SSSR count). The maximum Gasteiger partial charge on any atom is 0.334 e. The first-order valence-corrected chi connectivity index (χ1v) is 9.84. The average Bonchev–Trinajstić information content (AvgIpc) is 3.24. The molecule has 3 aliphatic rings. The third kappa shape index (κ3) is 4.01. The topological polar surface area (TPSA) is 91.4 Å². The standard InChI is InChI=1S/C22H28O7/c1-7-11(2)20(24)27-17-15-13(4)21(25)28-18(15)19-22(6,29-19)10-8-9-12(3)16(17)26-14(5)23/h7,9,15-19H,4,8,10H2,1-3,5-6H3/b11-7-,12-9+/t15-,16-,17-,18-,19-,22+/m1/s1. The molecule has 29 heavy (non-hydrogen) atoms. The van der Waals surface area contributed by atoms with Gasteiger partial charge in [-0.15, -0.1) is 0 Å². The van der Waals surface area contributed by atoms with E-state index in [9.17, 15) is 14.4 Å². The van der Waals surface area contributed by atoms with Gasteiger partial charge in [0.2, 0.25) is 0 Å². The molecule has 0 amide bonds. The van der Waals surface area contributed by atoms with Gasteiger partial charge >= 0.3 is 17.9 Å². The lowest BCUT2D eigenvalue weighted by Crippen LogP contribution is -2.46. The van der Waals surface area contributed by atoms with Crippen molar-refractivity contribution in [1.82, 2.24) is 0 Å². The zero-order valence-electron chi connectivity index (χ0n) is 17.5. The van der Waals surface area contributed by atoms with Crippen LogP contribution >= 0.6 is 0 Å². The van der Waals surface area contributed by atoms with Gasteiger partial charge in [-0.2, -0.15) is 0 Å². The first-order chi connectivity index (χ1) is 13.6. The molecule has 2 aliphatic heterocycles. The highest BCUT2D eigenvalue weighted by molar-refractivity contribution is 5.92. The van der Waals surface area contributed by atoms with Crippen molar-refractivity contribution in [3.05, 3.63) is 35.5 Å². The van der Waals surface area contributed by atoms with Crippen LogP contribution in [0.4, 0.5) is 0 Å². The van der Waals surface area contributed by atoms with E-state index in [-0.39, 0.29) is 11.7 Å². The normalized spacial score (nSPS) is 38.7. The highest BCUT2D eigenvalue weighted by Crippen LogP contribution is 2.50. The molecule has 0 unspecified atom stereocenters. The summed E-state index contributed by atoms with van der Waals surface area (Å²) in [6.45, 7) is 12.3. The lowest BCUT2D eigenvalue weighted by molar-refractivity contribution is -0.166. The van der Waals surface area contributed by atoms with Crippen LogP contribution in [0.15, 0.2) is 35.5 Å². The van der Waals surface area contributed by atoms with Crippen LogP contribution in [0.25, 0.3) is 0 Å². The van der Waals surface area contributed by atoms with Crippen molar-refractivity contribution in [2.24, 2.45) is 5.92 Å². The van der Waals surface area contributed by atoms with E-state index < -0.39 is 47.7 Å². The molecule has 2 fully saturated rings. The van der Waals surface area contributed by atoms with Gasteiger partial charge in [0.05, 0.1) is 11.5 Å². The molecular weight excluding hydrogens is 376 g/mol. The van der Waals surface area contributed by atoms with Crippen molar-refractivity contribution in [2.45, 2.75) is 77.5 Å². The van der Waals surface area contributed by atoms with Gasteiger partial charge in [0.25, 0.3) is 0 Å². The van der Waals surface area contributed by atoms with Gasteiger partial charge in [0.15, 0.2) is 12.2 Å². The zero-order chi connectivity index (χ0) is 21.5. The van der Waals surface area contributed by atoms with Gasteiger partial charge in [-0.05, 0) is 46.1 Å². The molecule has 7 heteroatoms. The second kappa shape index (κ2) is 7.78. The SMILES string of the molecule is C=C1C(=O)O[C@@H]2[C@H]1[C@@H](OC(=O)/C(C)=C\C)[C@H](OC(C)=O)/C(C)=C/CC[C@]1(C)O[C@H]21. The third-order valence-electron chi connectivity index (χ3n) is 6.00. The Morgan fingerprint density at radius 1 is 1.31 bits per heavy atom. The minimum atomic E-state index is -0.965. The van der Waals surface area contributed by atoms with Crippen molar-refractivity contribution in [1.29, 1.82) is 0 Å². The highest BCUT2D eigenvalue weighted by atomic mass is 16.7. The number of hydrogen-bond acceptors (Lipinski definition) is 7. The molecule has 6 atom stereocenters. The van der Waals surface area contributed by atoms with E-state index in [0.29, 0.717) is 12.0 Å². The van der Waals surface area contributed by atoms with Crippen LogP contribution < -0.4 is 0 Å². The molecule has 2 heterocycles. The summed E-state index contributed by atoms with van der Waals surface area (Å²) in [7, 11) is 0. The van der Waals surface area contributed by atoms with Gasteiger partial charge in [-0.3, -0.25) is 4.79 Å². The van der Waals surface area contributed by atoms with Gasteiger partial charge in [-0.1, -0.05) is 18.7 Å². The lowest BCUT2D eigenvalue weighted by Gasteiger charge is -2.33. The van der Waals surface area contributed by atoms with Crippen molar-refractivity contribution in [3.63, 3.8) is 0 Å². The van der Waals surface area contributed by atoms with Crippen LogP contribution in [0.1, 0.15) is 47.5 Å². The van der Waals surface area contributed by atoms with Crippen LogP contribution in [0.5, 0.6) is 0 Å². The summed E-state index contributed by atoms with van der Waals surface area (Å²) in [5.74, 6) is -2.30. The van der Waals surface area contributed by atoms with Gasteiger partial charge in [-0.25, -0.2) is 9.59 Å². The van der Waals surface area contributed by atoms with Crippen LogP contribution in [-0.4, -0.2) is 47.9 Å². The van der Waals surface area contributed by atoms with E-state index in [1.807, 2.05) is 19.9 Å². The number of esters is 3. The summed E-state index contributed by atoms with van der Waals surface area (Å²) in [4.78, 5) is 36.9. The summed E-state index contributed by atoms with van der Waals surface area (Å²) in [5.41, 5.74) is 0.913. The largest absolute Gasteiger partial charge is 0.455 e. The minimum Gasteiger partial charge on any atom is -0.455 e. The Morgan fingerprint density at radius 2 is 2.00 bits per heavy atom. The summed E-state index contributed by atoms with van der Waals surface area (Å²) in [6.07, 6.45) is 2.21. The fourth-order valence-electron chi connectivity index (χ4n) is 4.07. The number of epoxide rings is 1. The quantitative estimate of drug-likeness (QED) is 0.235. The van der Waals surface area contributed by atoms with Gasteiger partial charge in [0, 0.05) is 18.1 Å². The van der Waals surface area contributed by atoms with Crippen LogP contribution in [0, 0.1) is 5.92 Å². The van der Waals surface area contributed by atoms with E-state index in [1.54, 1.807) is 19.9 Å². The average molecular weight is 404 g/mol. The molecule has 2 saturated heterocycles. The van der Waals surface area contributed by atoms with Crippen LogP contribution in [-0.2, 0) is 33.3 Å². The molecule has 0 spiro atoms. The highest BCUT2D eigenvalue weighted by Gasteiger charge is 2.64. The summed E-state index contributed by atoms with van der Waals surface area (Å²) < 4.78 is 22.9. The summed E-state index contributed by atoms with van der Waals surface area (Å²) in [6, 6.07) is 0. The fraction of sp³-hybridized carbons (Fsp3) is 0.591. The summed E-state index contributed by atoms with van der Waals surface area (Å²) >= 11 is 0. The molecule has 1 aliphatic carbocycles. The predicted molar refractivity (Wildman–Crippen MR) is 104 cm³/mol. The fourth-order valence-corrected chi connectivity index (χ4v) is 4.07.